The summed E-state index contributed by atoms with van der Waals surface area (Å²) in [4.78, 5) is 10.8. The van der Waals surface area contributed by atoms with Crippen LogP contribution in [0.3, 0.4) is 0 Å². The minimum absolute atomic E-state index is 0.304. The van der Waals surface area contributed by atoms with Gasteiger partial charge >= 0.3 is 0 Å². The molecule has 0 aliphatic rings. The van der Waals surface area contributed by atoms with Gasteiger partial charge in [-0.3, -0.25) is 0 Å². The number of aldehydes is 1. The third-order valence-corrected chi connectivity index (χ3v) is 2.75. The zero-order valence-electron chi connectivity index (χ0n) is 7.36. The Morgan fingerprint density at radius 3 is 2.27 bits per heavy atom. The fourth-order valence-corrected chi connectivity index (χ4v) is 2.01. The molecule has 11 heavy (non-hydrogen) atoms. The zero-order chi connectivity index (χ0) is 8.91. The number of hydrogen-bond acceptors (Lipinski definition) is 2. The van der Waals surface area contributed by atoms with Crippen LogP contribution in [0, 0.1) is 5.92 Å². The fraction of sp³-hybridized carbons (Fsp3) is 0.875. The van der Waals surface area contributed by atoms with Crippen LogP contribution in [-0.4, -0.2) is 23.3 Å². The number of carbonyl (C=O) groups is 1. The molecule has 0 bridgehead atoms. The van der Waals surface area contributed by atoms with Crippen molar-refractivity contribution in [3.05, 3.63) is 0 Å². The molecular formula is C8H16INO. The maximum absolute atomic E-state index is 10.8. The average molecular weight is 269 g/mol. The standard InChI is InChI=1S/C8H16INO/c1-7(2)8(6-11,10-3)4-5-9/h6-7,10H,4-5H2,1-3H3. The second kappa shape index (κ2) is 5.09. The maximum Gasteiger partial charge on any atom is 0.140 e. The molecule has 0 aliphatic carbocycles. The Morgan fingerprint density at radius 2 is 2.18 bits per heavy atom. The first-order chi connectivity index (χ1) is 5.13. The lowest BCUT2D eigenvalue weighted by molar-refractivity contribution is -0.114. The minimum atomic E-state index is -0.304. The van der Waals surface area contributed by atoms with Gasteiger partial charge in [0.05, 0.1) is 5.54 Å². The molecule has 0 rings (SSSR count). The average Bonchev–Trinajstić information content (AvgIpc) is 2.00. The molecule has 0 fully saturated rings. The molecule has 0 spiro atoms. The maximum atomic E-state index is 10.8. The second-order valence-corrected chi connectivity index (χ2v) is 4.08. The topological polar surface area (TPSA) is 29.1 Å². The third kappa shape index (κ3) is 2.71. The molecule has 0 aromatic rings. The normalized spacial score (nSPS) is 16.5. The number of rotatable bonds is 5. The molecule has 1 unspecified atom stereocenters. The summed E-state index contributed by atoms with van der Waals surface area (Å²) in [5.41, 5.74) is -0.304. The van der Waals surface area contributed by atoms with Crippen molar-refractivity contribution in [3.63, 3.8) is 0 Å². The summed E-state index contributed by atoms with van der Waals surface area (Å²) in [6, 6.07) is 0. The van der Waals surface area contributed by atoms with Crippen LogP contribution in [-0.2, 0) is 4.79 Å². The van der Waals surface area contributed by atoms with Crippen molar-refractivity contribution in [2.24, 2.45) is 5.92 Å². The van der Waals surface area contributed by atoms with Crippen LogP contribution in [0.15, 0.2) is 0 Å². The molecule has 0 saturated heterocycles. The Hall–Kier alpha value is 0.360. The number of likely N-dealkylation sites (N-methyl/N-ethyl adjacent to an activating group) is 1. The van der Waals surface area contributed by atoms with E-state index in [0.717, 1.165) is 17.1 Å². The van der Waals surface area contributed by atoms with Crippen molar-refractivity contribution >= 4 is 28.9 Å². The molecule has 0 aromatic heterocycles. The lowest BCUT2D eigenvalue weighted by atomic mass is 9.86. The molecule has 3 heteroatoms. The van der Waals surface area contributed by atoms with E-state index in [1.165, 1.54) is 0 Å². The van der Waals surface area contributed by atoms with Crippen LogP contribution in [0.2, 0.25) is 0 Å². The number of halogens is 1. The minimum Gasteiger partial charge on any atom is -0.308 e. The van der Waals surface area contributed by atoms with Gasteiger partial charge in [0.2, 0.25) is 0 Å². The monoisotopic (exact) mass is 269 g/mol. The Balaban J connectivity index is 4.32. The highest BCUT2D eigenvalue weighted by Gasteiger charge is 2.30. The summed E-state index contributed by atoms with van der Waals surface area (Å²) in [5, 5.41) is 3.09. The predicted molar refractivity (Wildman–Crippen MR) is 56.2 cm³/mol. The Bertz CT molecular complexity index is 127. The van der Waals surface area contributed by atoms with Gasteiger partial charge in [0.15, 0.2) is 0 Å². The smallest absolute Gasteiger partial charge is 0.140 e. The van der Waals surface area contributed by atoms with Gasteiger partial charge in [-0.25, -0.2) is 0 Å². The first-order valence-corrected chi connectivity index (χ1v) is 5.36. The number of alkyl halides is 1. The summed E-state index contributed by atoms with van der Waals surface area (Å²) >= 11 is 2.29. The number of hydrogen-bond donors (Lipinski definition) is 1. The highest BCUT2D eigenvalue weighted by atomic mass is 127. The lowest BCUT2D eigenvalue weighted by Gasteiger charge is -2.31. The Labute approximate surface area is 82.3 Å². The molecule has 1 atom stereocenters. The first-order valence-electron chi connectivity index (χ1n) is 3.84. The number of nitrogens with one attached hydrogen (secondary N) is 1. The summed E-state index contributed by atoms with van der Waals surface area (Å²) < 4.78 is 1.01. The van der Waals surface area contributed by atoms with Crippen molar-refractivity contribution in [3.8, 4) is 0 Å². The van der Waals surface area contributed by atoms with Gasteiger partial charge in [0, 0.05) is 4.43 Å². The Morgan fingerprint density at radius 1 is 1.64 bits per heavy atom. The molecule has 0 aromatic carbocycles. The van der Waals surface area contributed by atoms with Crippen molar-refractivity contribution in [1.29, 1.82) is 0 Å². The molecule has 2 nitrogen and oxygen atoms in total. The summed E-state index contributed by atoms with van der Waals surface area (Å²) in [6.45, 7) is 4.13. The molecule has 66 valence electrons. The van der Waals surface area contributed by atoms with Gasteiger partial charge < -0.3 is 10.1 Å². The lowest BCUT2D eigenvalue weighted by Crippen LogP contribution is -2.49. The quantitative estimate of drug-likeness (QED) is 0.467. The second-order valence-electron chi connectivity index (χ2n) is 3.00. The highest BCUT2D eigenvalue weighted by molar-refractivity contribution is 14.1. The van der Waals surface area contributed by atoms with Gasteiger partial charge in [-0.2, -0.15) is 0 Å². The van der Waals surface area contributed by atoms with Gasteiger partial charge in [-0.05, 0) is 19.4 Å². The summed E-state index contributed by atoms with van der Waals surface area (Å²) in [5.74, 6) is 0.361. The summed E-state index contributed by atoms with van der Waals surface area (Å²) in [6.07, 6.45) is 1.95. The van der Waals surface area contributed by atoms with Crippen molar-refractivity contribution in [2.45, 2.75) is 25.8 Å². The molecule has 0 saturated carbocycles. The molecule has 0 heterocycles. The largest absolute Gasteiger partial charge is 0.308 e. The summed E-state index contributed by atoms with van der Waals surface area (Å²) in [7, 11) is 1.85. The van der Waals surface area contributed by atoms with E-state index in [9.17, 15) is 4.79 Å². The Kier molecular flexibility index (Phi) is 5.25. The van der Waals surface area contributed by atoms with E-state index in [2.05, 4.69) is 41.8 Å². The van der Waals surface area contributed by atoms with E-state index < -0.39 is 0 Å². The molecule has 0 radical (unpaired) electrons. The van der Waals surface area contributed by atoms with Crippen LogP contribution in [0.1, 0.15) is 20.3 Å². The number of carbonyl (C=O) groups excluding carboxylic acids is 1. The van der Waals surface area contributed by atoms with E-state index in [1.54, 1.807) is 0 Å². The van der Waals surface area contributed by atoms with Crippen molar-refractivity contribution in [1.82, 2.24) is 5.32 Å². The molecular weight excluding hydrogens is 253 g/mol. The van der Waals surface area contributed by atoms with Crippen molar-refractivity contribution < 1.29 is 4.79 Å². The van der Waals surface area contributed by atoms with Crippen LogP contribution < -0.4 is 5.32 Å². The van der Waals surface area contributed by atoms with E-state index in [-0.39, 0.29) is 5.54 Å². The molecule has 0 amide bonds. The van der Waals surface area contributed by atoms with E-state index >= 15 is 0 Å². The predicted octanol–water partition coefficient (Wildman–Crippen LogP) is 1.62. The molecule has 0 aliphatic heterocycles. The van der Waals surface area contributed by atoms with E-state index in [4.69, 9.17) is 0 Å². The highest BCUT2D eigenvalue weighted by Crippen LogP contribution is 2.19. The zero-order valence-corrected chi connectivity index (χ0v) is 9.51. The van der Waals surface area contributed by atoms with Crippen LogP contribution in [0.25, 0.3) is 0 Å². The molecule has 1 N–H and O–H groups in total. The van der Waals surface area contributed by atoms with E-state index in [0.29, 0.717) is 5.92 Å². The SMILES string of the molecule is CNC(C=O)(CCI)C(C)C. The van der Waals surface area contributed by atoms with Crippen molar-refractivity contribution in [2.75, 3.05) is 11.5 Å². The third-order valence-electron chi connectivity index (χ3n) is 2.21. The van der Waals surface area contributed by atoms with Gasteiger partial charge in [0.1, 0.15) is 6.29 Å². The van der Waals surface area contributed by atoms with Crippen LogP contribution >= 0.6 is 22.6 Å². The van der Waals surface area contributed by atoms with Gasteiger partial charge in [-0.15, -0.1) is 0 Å². The van der Waals surface area contributed by atoms with Gasteiger partial charge in [0.25, 0.3) is 0 Å². The van der Waals surface area contributed by atoms with Crippen LogP contribution in [0.4, 0.5) is 0 Å². The first kappa shape index (κ1) is 11.4. The fourth-order valence-electron chi connectivity index (χ4n) is 1.11. The van der Waals surface area contributed by atoms with E-state index in [1.807, 2.05) is 7.05 Å². The van der Waals surface area contributed by atoms with Crippen LogP contribution in [0.5, 0.6) is 0 Å². The van der Waals surface area contributed by atoms with Gasteiger partial charge in [-0.1, -0.05) is 36.4 Å².